The number of nitrogens with one attached hydrogen (secondary N) is 1. The van der Waals surface area contributed by atoms with E-state index >= 15 is 0 Å². The van der Waals surface area contributed by atoms with Crippen molar-refractivity contribution in [2.24, 2.45) is 0 Å². The van der Waals surface area contributed by atoms with Gasteiger partial charge < -0.3 is 14.8 Å². The Morgan fingerprint density at radius 1 is 1.09 bits per heavy atom. The monoisotopic (exact) mass is 527 g/mol. The molecule has 1 saturated heterocycles. The molecule has 1 aliphatic heterocycles. The number of thioether (sulfide) groups is 1. The van der Waals surface area contributed by atoms with Crippen LogP contribution in [0.4, 0.5) is 18.9 Å². The number of benzene rings is 2. The number of carbonyl (C=O) groups excluding carboxylic acids is 1. The standard InChI is InChI=1S/C22H21ClF3N5O3S/c23-15-1-5-17(6-2-15)31-19(13-30-9-11-33-12-10-30)28-29-21(31)35-14-20(32)27-16-3-7-18(8-4-16)34-22(24,25)26/h1-8H,9-14H2,(H,27,32). The van der Waals surface area contributed by atoms with Gasteiger partial charge >= 0.3 is 6.36 Å². The van der Waals surface area contributed by atoms with Crippen molar-refractivity contribution in [3.8, 4) is 11.4 Å². The van der Waals surface area contributed by atoms with Gasteiger partial charge in [-0.05, 0) is 48.5 Å². The second-order valence-corrected chi connectivity index (χ2v) is 8.89. The lowest BCUT2D eigenvalue weighted by Gasteiger charge is -2.26. The Morgan fingerprint density at radius 2 is 1.77 bits per heavy atom. The van der Waals surface area contributed by atoms with Gasteiger partial charge in [0.1, 0.15) is 5.75 Å². The molecular weight excluding hydrogens is 507 g/mol. The van der Waals surface area contributed by atoms with E-state index in [-0.39, 0.29) is 17.4 Å². The molecule has 13 heteroatoms. The zero-order chi connectivity index (χ0) is 24.8. The number of alkyl halides is 3. The van der Waals surface area contributed by atoms with E-state index in [2.05, 4.69) is 25.2 Å². The molecule has 35 heavy (non-hydrogen) atoms. The zero-order valence-corrected chi connectivity index (χ0v) is 19.9. The highest BCUT2D eigenvalue weighted by atomic mass is 35.5. The maximum Gasteiger partial charge on any atom is 0.573 e. The predicted molar refractivity (Wildman–Crippen MR) is 125 cm³/mol. The number of anilines is 1. The lowest BCUT2D eigenvalue weighted by molar-refractivity contribution is -0.274. The number of ether oxygens (including phenoxy) is 2. The quantitative estimate of drug-likeness (QED) is 0.435. The number of hydrogen-bond acceptors (Lipinski definition) is 7. The Balaban J connectivity index is 1.43. The van der Waals surface area contributed by atoms with E-state index in [1.807, 2.05) is 16.7 Å². The Morgan fingerprint density at radius 3 is 2.43 bits per heavy atom. The van der Waals surface area contributed by atoms with Crippen molar-refractivity contribution in [1.82, 2.24) is 19.7 Å². The molecule has 2 heterocycles. The van der Waals surface area contributed by atoms with Crippen LogP contribution in [0.25, 0.3) is 5.69 Å². The van der Waals surface area contributed by atoms with Gasteiger partial charge in [0.25, 0.3) is 0 Å². The molecule has 0 atom stereocenters. The van der Waals surface area contributed by atoms with Gasteiger partial charge in [0, 0.05) is 29.5 Å². The number of halogens is 4. The molecule has 1 aliphatic rings. The van der Waals surface area contributed by atoms with E-state index in [9.17, 15) is 18.0 Å². The first-order chi connectivity index (χ1) is 16.8. The van der Waals surface area contributed by atoms with Crippen LogP contribution in [0.15, 0.2) is 53.7 Å². The van der Waals surface area contributed by atoms with Crippen molar-refractivity contribution < 1.29 is 27.4 Å². The summed E-state index contributed by atoms with van der Waals surface area (Å²) >= 11 is 7.24. The molecule has 0 spiro atoms. The van der Waals surface area contributed by atoms with Gasteiger partial charge in [-0.3, -0.25) is 14.3 Å². The van der Waals surface area contributed by atoms with Crippen molar-refractivity contribution in [1.29, 1.82) is 0 Å². The number of hydrogen-bond donors (Lipinski definition) is 1. The van der Waals surface area contributed by atoms with Crippen LogP contribution in [0.1, 0.15) is 5.82 Å². The fourth-order valence-corrected chi connectivity index (χ4v) is 4.27. The summed E-state index contributed by atoms with van der Waals surface area (Å²) < 4.78 is 48.0. The van der Waals surface area contributed by atoms with Crippen molar-refractivity contribution in [3.63, 3.8) is 0 Å². The number of amides is 1. The average Bonchev–Trinajstić information content (AvgIpc) is 3.21. The van der Waals surface area contributed by atoms with Gasteiger partial charge in [0.05, 0.1) is 25.5 Å². The molecular formula is C22H21ClF3N5O3S. The minimum absolute atomic E-state index is 0.0179. The lowest BCUT2D eigenvalue weighted by Crippen LogP contribution is -2.36. The predicted octanol–water partition coefficient (Wildman–Crippen LogP) is 4.38. The summed E-state index contributed by atoms with van der Waals surface area (Å²) in [4.78, 5) is 14.7. The first-order valence-electron chi connectivity index (χ1n) is 10.6. The van der Waals surface area contributed by atoms with E-state index in [1.165, 1.54) is 23.9 Å². The van der Waals surface area contributed by atoms with Crippen LogP contribution in [0.3, 0.4) is 0 Å². The Kier molecular flexibility index (Phi) is 8.16. The summed E-state index contributed by atoms with van der Waals surface area (Å²) in [5.74, 6) is 0.0235. The molecule has 0 bridgehead atoms. The Hall–Kier alpha value is -2.80. The van der Waals surface area contributed by atoms with E-state index in [1.54, 1.807) is 12.1 Å². The normalized spacial score (nSPS) is 14.6. The summed E-state index contributed by atoms with van der Waals surface area (Å²) in [6, 6.07) is 12.2. The van der Waals surface area contributed by atoms with Gasteiger partial charge in [-0.2, -0.15) is 0 Å². The highest BCUT2D eigenvalue weighted by Crippen LogP contribution is 2.26. The summed E-state index contributed by atoms with van der Waals surface area (Å²) in [5.41, 5.74) is 1.16. The third kappa shape index (κ3) is 7.34. The highest BCUT2D eigenvalue weighted by molar-refractivity contribution is 7.99. The minimum atomic E-state index is -4.78. The lowest BCUT2D eigenvalue weighted by atomic mass is 10.3. The van der Waals surface area contributed by atoms with E-state index in [0.717, 1.165) is 36.7 Å². The zero-order valence-electron chi connectivity index (χ0n) is 18.3. The van der Waals surface area contributed by atoms with Gasteiger partial charge in [-0.25, -0.2) is 0 Å². The maximum absolute atomic E-state index is 12.5. The van der Waals surface area contributed by atoms with Gasteiger partial charge in [-0.1, -0.05) is 23.4 Å². The molecule has 8 nitrogen and oxygen atoms in total. The molecule has 0 radical (unpaired) electrons. The molecule has 1 aromatic heterocycles. The molecule has 0 saturated carbocycles. The largest absolute Gasteiger partial charge is 0.573 e. The third-order valence-corrected chi connectivity index (χ3v) is 6.14. The number of nitrogens with zero attached hydrogens (tertiary/aromatic N) is 4. The first kappa shape index (κ1) is 25.3. The second-order valence-electron chi connectivity index (χ2n) is 7.51. The Labute approximate surface area is 208 Å². The van der Waals surface area contributed by atoms with Crippen LogP contribution < -0.4 is 10.1 Å². The van der Waals surface area contributed by atoms with Crippen LogP contribution in [0.5, 0.6) is 5.75 Å². The maximum atomic E-state index is 12.5. The molecule has 1 fully saturated rings. The van der Waals surface area contributed by atoms with Crippen molar-refractivity contribution in [2.75, 3.05) is 37.4 Å². The van der Waals surface area contributed by atoms with Crippen molar-refractivity contribution in [2.45, 2.75) is 18.1 Å². The fourth-order valence-electron chi connectivity index (χ4n) is 3.37. The summed E-state index contributed by atoms with van der Waals surface area (Å²) in [6.07, 6.45) is -4.78. The van der Waals surface area contributed by atoms with Gasteiger partial charge in [0.15, 0.2) is 11.0 Å². The molecule has 3 aromatic rings. The van der Waals surface area contributed by atoms with Crippen molar-refractivity contribution >= 4 is 35.0 Å². The molecule has 186 valence electrons. The van der Waals surface area contributed by atoms with Gasteiger partial charge in [-0.15, -0.1) is 23.4 Å². The molecule has 1 N–H and O–H groups in total. The topological polar surface area (TPSA) is 81.5 Å². The molecule has 4 rings (SSSR count). The number of aromatic nitrogens is 3. The number of morpholine rings is 1. The summed E-state index contributed by atoms with van der Waals surface area (Å²) in [7, 11) is 0. The van der Waals surface area contributed by atoms with Crippen LogP contribution in [0.2, 0.25) is 5.02 Å². The smallest absolute Gasteiger partial charge is 0.406 e. The SMILES string of the molecule is O=C(CSc1nnc(CN2CCOCC2)n1-c1ccc(Cl)cc1)Nc1ccc(OC(F)(F)F)cc1. The summed E-state index contributed by atoms with van der Waals surface area (Å²) in [6.45, 7) is 3.44. The van der Waals surface area contributed by atoms with E-state index in [4.69, 9.17) is 16.3 Å². The molecule has 1 amide bonds. The third-order valence-electron chi connectivity index (χ3n) is 4.96. The van der Waals surface area contributed by atoms with Crippen LogP contribution >= 0.6 is 23.4 Å². The molecule has 2 aromatic carbocycles. The Bertz CT molecular complexity index is 1140. The summed E-state index contributed by atoms with van der Waals surface area (Å²) in [5, 5.41) is 12.4. The molecule has 0 aliphatic carbocycles. The minimum Gasteiger partial charge on any atom is -0.406 e. The van der Waals surface area contributed by atoms with Crippen LogP contribution in [-0.4, -0.2) is 64.0 Å². The van der Waals surface area contributed by atoms with Gasteiger partial charge in [0.2, 0.25) is 5.91 Å². The number of rotatable bonds is 8. The molecule has 0 unspecified atom stereocenters. The van der Waals surface area contributed by atoms with Crippen molar-refractivity contribution in [3.05, 3.63) is 59.4 Å². The van der Waals surface area contributed by atoms with E-state index < -0.39 is 6.36 Å². The van der Waals surface area contributed by atoms with Crippen LogP contribution in [0, 0.1) is 0 Å². The average molecular weight is 528 g/mol. The van der Waals surface area contributed by atoms with E-state index in [0.29, 0.717) is 35.6 Å². The highest BCUT2D eigenvalue weighted by Gasteiger charge is 2.31. The van der Waals surface area contributed by atoms with Crippen LogP contribution in [-0.2, 0) is 16.1 Å². The first-order valence-corrected chi connectivity index (χ1v) is 11.9. The number of carbonyl (C=O) groups is 1. The fraction of sp³-hybridized carbons (Fsp3) is 0.318. The second kappa shape index (κ2) is 11.3.